The monoisotopic (exact) mass is 322 g/mol. The van der Waals surface area contributed by atoms with Gasteiger partial charge in [0.05, 0.1) is 6.54 Å². The van der Waals surface area contributed by atoms with Crippen LogP contribution in [0.1, 0.15) is 27.9 Å². The molecule has 1 rings (SSSR count). The van der Waals surface area contributed by atoms with Gasteiger partial charge in [-0.3, -0.25) is 9.59 Å². The first kappa shape index (κ1) is 18.6. The maximum atomic E-state index is 12.0. The molecule has 0 spiro atoms. The molecular formula is C16H22N2O5. The molecule has 0 aliphatic carbocycles. The number of carbonyl (C=O) groups excluding carboxylic acids is 2. The third-order valence-corrected chi connectivity index (χ3v) is 3.42. The Kier molecular flexibility index (Phi) is 7.21. The molecule has 23 heavy (non-hydrogen) atoms. The van der Waals surface area contributed by atoms with E-state index in [1.54, 1.807) is 12.1 Å². The zero-order valence-electron chi connectivity index (χ0n) is 13.5. The van der Waals surface area contributed by atoms with E-state index in [9.17, 15) is 14.4 Å². The number of carboxylic acids is 1. The first-order valence-corrected chi connectivity index (χ1v) is 7.21. The van der Waals surface area contributed by atoms with Gasteiger partial charge in [-0.05, 0) is 37.1 Å². The molecule has 0 bridgehead atoms. The van der Waals surface area contributed by atoms with E-state index in [1.165, 1.54) is 7.11 Å². The molecule has 7 nitrogen and oxygen atoms in total. The Bertz CT molecular complexity index is 586. The number of benzene rings is 1. The highest BCUT2D eigenvalue weighted by Gasteiger charge is 2.19. The number of rotatable bonds is 8. The molecule has 0 aliphatic heterocycles. The number of carbonyl (C=O) groups is 3. The molecule has 1 aromatic rings. The molecule has 0 aliphatic rings. The summed E-state index contributed by atoms with van der Waals surface area (Å²) in [5, 5.41) is 13.8. The fourth-order valence-corrected chi connectivity index (χ4v) is 1.88. The maximum Gasteiger partial charge on any atom is 0.326 e. The standard InChI is InChI=1S/C16H22N2O5/c1-10-4-5-12(8-11(10)2)15(20)17-9-14(19)18-13(16(21)22)6-7-23-3/h4-5,8,13H,6-7,9H2,1-3H3,(H,17,20)(H,18,19)(H,21,22). The van der Waals surface area contributed by atoms with Crippen LogP contribution in [0.4, 0.5) is 0 Å². The van der Waals surface area contributed by atoms with E-state index < -0.39 is 17.9 Å². The van der Waals surface area contributed by atoms with Crippen molar-refractivity contribution in [1.29, 1.82) is 0 Å². The van der Waals surface area contributed by atoms with Crippen LogP contribution in [0.5, 0.6) is 0 Å². The number of methoxy groups -OCH3 is 1. The molecule has 7 heteroatoms. The van der Waals surface area contributed by atoms with Crippen LogP contribution in [0, 0.1) is 13.8 Å². The first-order chi connectivity index (χ1) is 10.8. The summed E-state index contributed by atoms with van der Waals surface area (Å²) in [7, 11) is 1.45. The van der Waals surface area contributed by atoms with E-state index in [1.807, 2.05) is 19.9 Å². The number of nitrogens with one attached hydrogen (secondary N) is 2. The summed E-state index contributed by atoms with van der Waals surface area (Å²) in [4.78, 5) is 34.7. The number of hydrogen-bond donors (Lipinski definition) is 3. The summed E-state index contributed by atoms with van der Waals surface area (Å²) < 4.78 is 4.80. The van der Waals surface area contributed by atoms with Gasteiger partial charge in [0.15, 0.2) is 0 Å². The largest absolute Gasteiger partial charge is 0.480 e. The van der Waals surface area contributed by atoms with Crippen LogP contribution in [-0.2, 0) is 14.3 Å². The molecule has 0 radical (unpaired) electrons. The molecular weight excluding hydrogens is 300 g/mol. The SMILES string of the molecule is COCCC(NC(=O)CNC(=O)c1ccc(C)c(C)c1)C(=O)O. The molecule has 0 saturated carbocycles. The van der Waals surface area contributed by atoms with Crippen molar-refractivity contribution in [2.24, 2.45) is 0 Å². The second-order valence-corrected chi connectivity index (χ2v) is 5.22. The van der Waals surface area contributed by atoms with Crippen LogP contribution >= 0.6 is 0 Å². The van der Waals surface area contributed by atoms with Gasteiger partial charge in [-0.2, -0.15) is 0 Å². The van der Waals surface area contributed by atoms with Gasteiger partial charge in [-0.1, -0.05) is 6.07 Å². The summed E-state index contributed by atoms with van der Waals surface area (Å²) in [5.41, 5.74) is 2.50. The molecule has 0 fully saturated rings. The first-order valence-electron chi connectivity index (χ1n) is 7.21. The molecule has 126 valence electrons. The second-order valence-electron chi connectivity index (χ2n) is 5.22. The number of amides is 2. The van der Waals surface area contributed by atoms with Crippen LogP contribution in [0.2, 0.25) is 0 Å². The summed E-state index contributed by atoms with van der Waals surface area (Å²) in [6, 6.07) is 4.20. The molecule has 0 heterocycles. The van der Waals surface area contributed by atoms with Crippen molar-refractivity contribution >= 4 is 17.8 Å². The molecule has 1 aromatic carbocycles. The Morgan fingerprint density at radius 2 is 1.91 bits per heavy atom. The van der Waals surface area contributed by atoms with Crippen LogP contribution in [0.3, 0.4) is 0 Å². The van der Waals surface area contributed by atoms with Gasteiger partial charge >= 0.3 is 5.97 Å². The summed E-state index contributed by atoms with van der Waals surface area (Å²) in [6.07, 6.45) is 0.155. The van der Waals surface area contributed by atoms with Crippen LogP contribution < -0.4 is 10.6 Å². The fraction of sp³-hybridized carbons (Fsp3) is 0.438. The third kappa shape index (κ3) is 6.07. The predicted molar refractivity (Wildman–Crippen MR) is 84.3 cm³/mol. The van der Waals surface area contributed by atoms with Crippen molar-refractivity contribution in [3.8, 4) is 0 Å². The zero-order valence-corrected chi connectivity index (χ0v) is 13.5. The van der Waals surface area contributed by atoms with Gasteiger partial charge < -0.3 is 20.5 Å². The topological polar surface area (TPSA) is 105 Å². The number of ether oxygens (including phenoxy) is 1. The Hall–Kier alpha value is -2.41. The number of aliphatic carboxylic acids is 1. The Balaban J connectivity index is 2.52. The van der Waals surface area contributed by atoms with Crippen molar-refractivity contribution < 1.29 is 24.2 Å². The van der Waals surface area contributed by atoms with E-state index in [4.69, 9.17) is 9.84 Å². The quantitative estimate of drug-likeness (QED) is 0.651. The van der Waals surface area contributed by atoms with Gasteiger partial charge in [-0.25, -0.2) is 4.79 Å². The van der Waals surface area contributed by atoms with Gasteiger partial charge in [0.2, 0.25) is 5.91 Å². The zero-order chi connectivity index (χ0) is 17.4. The lowest BCUT2D eigenvalue weighted by molar-refractivity contribution is -0.142. The normalized spacial score (nSPS) is 11.6. The number of hydrogen-bond acceptors (Lipinski definition) is 4. The van der Waals surface area contributed by atoms with Crippen LogP contribution in [0.25, 0.3) is 0 Å². The Morgan fingerprint density at radius 3 is 2.48 bits per heavy atom. The molecule has 2 amide bonds. The minimum absolute atomic E-state index is 0.155. The Labute approximate surface area is 135 Å². The van der Waals surface area contributed by atoms with Gasteiger partial charge in [0.25, 0.3) is 5.91 Å². The van der Waals surface area contributed by atoms with Crippen molar-refractivity contribution in [3.05, 3.63) is 34.9 Å². The van der Waals surface area contributed by atoms with E-state index in [-0.39, 0.29) is 25.5 Å². The number of carboxylic acid groups (broad SMARTS) is 1. The van der Waals surface area contributed by atoms with Crippen molar-refractivity contribution in [2.45, 2.75) is 26.3 Å². The minimum Gasteiger partial charge on any atom is -0.480 e. The van der Waals surface area contributed by atoms with Crippen LogP contribution in [0.15, 0.2) is 18.2 Å². The van der Waals surface area contributed by atoms with Gasteiger partial charge in [0.1, 0.15) is 6.04 Å². The van der Waals surface area contributed by atoms with E-state index in [0.717, 1.165) is 11.1 Å². The lowest BCUT2D eigenvalue weighted by Gasteiger charge is -2.14. The average molecular weight is 322 g/mol. The highest BCUT2D eigenvalue weighted by Crippen LogP contribution is 2.09. The van der Waals surface area contributed by atoms with Crippen molar-refractivity contribution in [3.63, 3.8) is 0 Å². The average Bonchev–Trinajstić information content (AvgIpc) is 2.51. The third-order valence-electron chi connectivity index (χ3n) is 3.42. The molecule has 3 N–H and O–H groups in total. The highest BCUT2D eigenvalue weighted by atomic mass is 16.5. The minimum atomic E-state index is -1.14. The summed E-state index contributed by atoms with van der Waals surface area (Å²) >= 11 is 0. The van der Waals surface area contributed by atoms with E-state index in [0.29, 0.717) is 5.56 Å². The van der Waals surface area contributed by atoms with Crippen LogP contribution in [-0.4, -0.2) is 49.2 Å². The molecule has 0 saturated heterocycles. The lowest BCUT2D eigenvalue weighted by atomic mass is 10.1. The second kappa shape index (κ2) is 8.89. The predicted octanol–water partition coefficient (Wildman–Crippen LogP) is 0.639. The number of aryl methyl sites for hydroxylation is 2. The van der Waals surface area contributed by atoms with Crippen molar-refractivity contribution in [2.75, 3.05) is 20.3 Å². The smallest absolute Gasteiger partial charge is 0.326 e. The fourth-order valence-electron chi connectivity index (χ4n) is 1.88. The summed E-state index contributed by atoms with van der Waals surface area (Å²) in [5.74, 6) is -2.09. The van der Waals surface area contributed by atoms with E-state index in [2.05, 4.69) is 10.6 Å². The van der Waals surface area contributed by atoms with E-state index >= 15 is 0 Å². The molecule has 1 atom stereocenters. The lowest BCUT2D eigenvalue weighted by Crippen LogP contribution is -2.46. The van der Waals surface area contributed by atoms with Gasteiger partial charge in [0, 0.05) is 25.7 Å². The maximum absolute atomic E-state index is 12.0. The van der Waals surface area contributed by atoms with Gasteiger partial charge in [-0.15, -0.1) is 0 Å². The summed E-state index contributed by atoms with van der Waals surface area (Å²) in [6.45, 7) is 3.76. The molecule has 1 unspecified atom stereocenters. The highest BCUT2D eigenvalue weighted by molar-refractivity contribution is 5.97. The molecule has 0 aromatic heterocycles. The Morgan fingerprint density at radius 1 is 1.22 bits per heavy atom. The van der Waals surface area contributed by atoms with Crippen molar-refractivity contribution in [1.82, 2.24) is 10.6 Å².